The number of halogens is 1. The summed E-state index contributed by atoms with van der Waals surface area (Å²) in [5.74, 6) is 0.845. The molecule has 0 saturated heterocycles. The quantitative estimate of drug-likeness (QED) is 0.229. The Hall–Kier alpha value is -0.860. The predicted octanol–water partition coefficient (Wildman–Crippen LogP) is 4.00. The first-order chi connectivity index (χ1) is 13.0. The molecule has 3 N–H and O–H groups in total. The van der Waals surface area contributed by atoms with E-state index >= 15 is 0 Å². The van der Waals surface area contributed by atoms with Crippen molar-refractivity contribution >= 4 is 29.9 Å². The monoisotopic (exact) mass is 504 g/mol. The van der Waals surface area contributed by atoms with E-state index in [-0.39, 0.29) is 36.0 Å². The van der Waals surface area contributed by atoms with Crippen molar-refractivity contribution in [1.29, 1.82) is 0 Å². The van der Waals surface area contributed by atoms with Crippen molar-refractivity contribution in [2.75, 3.05) is 33.3 Å². The third-order valence-electron chi connectivity index (χ3n) is 5.52. The highest BCUT2D eigenvalue weighted by molar-refractivity contribution is 14.0. The zero-order chi connectivity index (χ0) is 20.1. The van der Waals surface area contributed by atoms with Crippen LogP contribution in [-0.2, 0) is 13.1 Å². The van der Waals surface area contributed by atoms with Crippen LogP contribution in [0.5, 0.6) is 0 Å². The van der Waals surface area contributed by atoms with Crippen LogP contribution in [0.4, 0.5) is 0 Å². The third kappa shape index (κ3) is 9.56. The Morgan fingerprint density at radius 2 is 1.79 bits per heavy atom. The number of benzene rings is 1. The van der Waals surface area contributed by atoms with Gasteiger partial charge in [-0.2, -0.15) is 0 Å². The van der Waals surface area contributed by atoms with Crippen LogP contribution < -0.4 is 10.6 Å². The molecular formula is C22H41IN4O. The average Bonchev–Trinajstić information content (AvgIpc) is 2.69. The van der Waals surface area contributed by atoms with Crippen LogP contribution in [0.2, 0.25) is 0 Å². The van der Waals surface area contributed by atoms with Crippen LogP contribution in [0.1, 0.15) is 58.1 Å². The van der Waals surface area contributed by atoms with Crippen molar-refractivity contribution in [2.24, 2.45) is 10.4 Å². The van der Waals surface area contributed by atoms with Crippen molar-refractivity contribution in [3.8, 4) is 0 Å². The minimum Gasteiger partial charge on any atom is -0.396 e. The van der Waals surface area contributed by atoms with E-state index in [1.165, 1.54) is 11.1 Å². The molecule has 0 fully saturated rings. The van der Waals surface area contributed by atoms with Crippen LogP contribution >= 0.6 is 24.0 Å². The van der Waals surface area contributed by atoms with Crippen molar-refractivity contribution in [2.45, 2.75) is 60.0 Å². The first-order valence-corrected chi connectivity index (χ1v) is 10.4. The van der Waals surface area contributed by atoms with Gasteiger partial charge in [-0.15, -0.1) is 24.0 Å². The lowest BCUT2D eigenvalue weighted by Gasteiger charge is -2.32. The minimum atomic E-state index is 0. The van der Waals surface area contributed by atoms with Gasteiger partial charge < -0.3 is 20.6 Å². The molecule has 0 aliphatic rings. The van der Waals surface area contributed by atoms with Gasteiger partial charge in [-0.3, -0.25) is 0 Å². The van der Waals surface area contributed by atoms with Crippen molar-refractivity contribution in [3.05, 3.63) is 35.4 Å². The van der Waals surface area contributed by atoms with Crippen LogP contribution in [0, 0.1) is 5.41 Å². The van der Waals surface area contributed by atoms with Gasteiger partial charge >= 0.3 is 0 Å². The van der Waals surface area contributed by atoms with E-state index in [1.807, 2.05) is 0 Å². The van der Waals surface area contributed by atoms with Gasteiger partial charge in [0.1, 0.15) is 0 Å². The van der Waals surface area contributed by atoms with E-state index < -0.39 is 0 Å². The molecule has 0 radical (unpaired) electrons. The second-order valence-electron chi connectivity index (χ2n) is 7.38. The first kappa shape index (κ1) is 27.1. The standard InChI is InChI=1S/C22H40N4O.HI/c1-6-22(7-2,13-14-27)18-25-21(23-8-3)24-16-19-11-10-12-20(15-19)17-26(5)9-4;/h10-12,15,27H,6-9,13-14,16-18H2,1-5H3,(H2,23,24,25);1H. The summed E-state index contributed by atoms with van der Waals surface area (Å²) in [6, 6.07) is 8.67. The maximum Gasteiger partial charge on any atom is 0.191 e. The molecule has 5 nitrogen and oxygen atoms in total. The number of aliphatic imine (C=N–C) groups is 1. The molecule has 0 amide bonds. The maximum absolute atomic E-state index is 9.41. The fraction of sp³-hybridized carbons (Fsp3) is 0.682. The minimum absolute atomic E-state index is 0. The van der Waals surface area contributed by atoms with E-state index in [9.17, 15) is 5.11 Å². The second-order valence-corrected chi connectivity index (χ2v) is 7.38. The van der Waals surface area contributed by atoms with Gasteiger partial charge in [-0.25, -0.2) is 4.99 Å². The van der Waals surface area contributed by atoms with Gasteiger partial charge in [0.05, 0.1) is 6.54 Å². The molecule has 6 heteroatoms. The largest absolute Gasteiger partial charge is 0.396 e. The van der Waals surface area contributed by atoms with Gasteiger partial charge in [0.25, 0.3) is 0 Å². The zero-order valence-corrected chi connectivity index (χ0v) is 20.8. The molecule has 1 aromatic rings. The highest BCUT2D eigenvalue weighted by Gasteiger charge is 2.25. The average molecular weight is 505 g/mol. The van der Waals surface area contributed by atoms with E-state index in [0.717, 1.165) is 51.4 Å². The van der Waals surface area contributed by atoms with Gasteiger partial charge in [0.2, 0.25) is 0 Å². The number of aliphatic hydroxyl groups excluding tert-OH is 1. The Morgan fingerprint density at radius 1 is 1.11 bits per heavy atom. The fourth-order valence-corrected chi connectivity index (χ4v) is 3.21. The summed E-state index contributed by atoms with van der Waals surface area (Å²) in [5.41, 5.74) is 2.67. The van der Waals surface area contributed by atoms with Gasteiger partial charge in [-0.1, -0.05) is 45.0 Å². The van der Waals surface area contributed by atoms with Gasteiger partial charge in [-0.05, 0) is 56.3 Å². The zero-order valence-electron chi connectivity index (χ0n) is 18.4. The highest BCUT2D eigenvalue weighted by atomic mass is 127. The number of hydrogen-bond donors (Lipinski definition) is 3. The second kappa shape index (κ2) is 15.0. The molecule has 162 valence electrons. The normalized spacial score (nSPS) is 12.0. The number of aliphatic hydroxyl groups is 1. The molecule has 0 unspecified atom stereocenters. The lowest BCUT2D eigenvalue weighted by atomic mass is 9.79. The summed E-state index contributed by atoms with van der Waals surface area (Å²) in [6.45, 7) is 13.2. The fourth-order valence-electron chi connectivity index (χ4n) is 3.21. The maximum atomic E-state index is 9.41. The molecule has 0 spiro atoms. The SMILES string of the molecule is CCNC(=NCc1cccc(CN(C)CC)c1)NCC(CC)(CC)CCO.I. The molecule has 0 atom stereocenters. The van der Waals surface area contributed by atoms with Gasteiger partial charge in [0.15, 0.2) is 5.96 Å². The van der Waals surface area contributed by atoms with Crippen molar-refractivity contribution < 1.29 is 5.11 Å². The Balaban J connectivity index is 0.00000729. The molecular weight excluding hydrogens is 463 g/mol. The topological polar surface area (TPSA) is 59.9 Å². The summed E-state index contributed by atoms with van der Waals surface area (Å²) in [4.78, 5) is 7.07. The van der Waals surface area contributed by atoms with Crippen LogP contribution in [0.25, 0.3) is 0 Å². The smallest absolute Gasteiger partial charge is 0.191 e. The Kier molecular flexibility index (Phi) is 14.6. The lowest BCUT2D eigenvalue weighted by Crippen LogP contribution is -2.43. The summed E-state index contributed by atoms with van der Waals surface area (Å²) in [7, 11) is 2.14. The van der Waals surface area contributed by atoms with E-state index in [4.69, 9.17) is 4.99 Å². The molecule has 0 aliphatic carbocycles. The number of nitrogens with one attached hydrogen (secondary N) is 2. The number of nitrogens with zero attached hydrogens (tertiary/aromatic N) is 2. The van der Waals surface area contributed by atoms with Crippen LogP contribution in [-0.4, -0.2) is 49.3 Å². The molecule has 0 heterocycles. The summed E-state index contributed by atoms with van der Waals surface area (Å²) in [5, 5.41) is 16.2. The van der Waals surface area contributed by atoms with E-state index in [1.54, 1.807) is 0 Å². The molecule has 1 rings (SSSR count). The van der Waals surface area contributed by atoms with E-state index in [0.29, 0.717) is 6.54 Å². The van der Waals surface area contributed by atoms with Crippen LogP contribution in [0.15, 0.2) is 29.3 Å². The number of rotatable bonds is 12. The lowest BCUT2D eigenvalue weighted by molar-refractivity contribution is 0.169. The molecule has 0 bridgehead atoms. The van der Waals surface area contributed by atoms with E-state index in [2.05, 4.69) is 74.5 Å². The molecule has 1 aromatic carbocycles. The van der Waals surface area contributed by atoms with Crippen molar-refractivity contribution in [1.82, 2.24) is 15.5 Å². The number of guanidine groups is 1. The van der Waals surface area contributed by atoms with Crippen LogP contribution in [0.3, 0.4) is 0 Å². The van der Waals surface area contributed by atoms with Crippen molar-refractivity contribution in [3.63, 3.8) is 0 Å². The predicted molar refractivity (Wildman–Crippen MR) is 131 cm³/mol. The molecule has 28 heavy (non-hydrogen) atoms. The summed E-state index contributed by atoms with van der Waals surface area (Å²) < 4.78 is 0. The number of hydrogen-bond acceptors (Lipinski definition) is 3. The first-order valence-electron chi connectivity index (χ1n) is 10.4. The Bertz CT molecular complexity index is 561. The Morgan fingerprint density at radius 3 is 2.36 bits per heavy atom. The summed E-state index contributed by atoms with van der Waals surface area (Å²) in [6.07, 6.45) is 2.91. The Labute approximate surface area is 189 Å². The molecule has 0 aliphatic heterocycles. The third-order valence-corrected chi connectivity index (χ3v) is 5.52. The van der Waals surface area contributed by atoms with Gasteiger partial charge in [0, 0.05) is 26.2 Å². The molecule has 0 saturated carbocycles. The molecule has 0 aromatic heterocycles. The highest BCUT2D eigenvalue weighted by Crippen LogP contribution is 2.29. The summed E-state index contributed by atoms with van der Waals surface area (Å²) >= 11 is 0.